The number of carbonyl (C=O) groups is 1. The number of aromatic nitrogens is 1. The molecule has 3 aromatic rings. The molecule has 132 valence electrons. The van der Waals surface area contributed by atoms with Crippen molar-refractivity contribution in [2.75, 3.05) is 13.7 Å². The fraction of sp³-hybridized carbons (Fsp3) is 0.211. The molecule has 3 N–H and O–H groups in total. The minimum atomic E-state index is -0.350. The molecule has 0 aliphatic carbocycles. The molecule has 5 nitrogen and oxygen atoms in total. The Balaban J connectivity index is 0.00000225. The van der Waals surface area contributed by atoms with Gasteiger partial charge in [0.2, 0.25) is 0 Å². The predicted octanol–water partition coefficient (Wildman–Crippen LogP) is 3.46. The number of carbonyl (C=O) groups excluding carboxylic acids is 1. The summed E-state index contributed by atoms with van der Waals surface area (Å²) in [6, 6.07) is 13.2. The highest BCUT2D eigenvalue weighted by Crippen LogP contribution is 2.24. The maximum absolute atomic E-state index is 11.6. The average molecular weight is 361 g/mol. The Morgan fingerprint density at radius 1 is 1.20 bits per heavy atom. The van der Waals surface area contributed by atoms with Crippen molar-refractivity contribution in [3.63, 3.8) is 0 Å². The second-order valence-electron chi connectivity index (χ2n) is 5.54. The number of aromatic amines is 1. The molecular formula is C19H21ClN2O3. The molecule has 0 bridgehead atoms. The van der Waals surface area contributed by atoms with Crippen molar-refractivity contribution < 1.29 is 14.3 Å². The van der Waals surface area contributed by atoms with E-state index in [4.69, 9.17) is 15.2 Å². The number of halogens is 1. The first kappa shape index (κ1) is 18.8. The first-order valence-corrected chi connectivity index (χ1v) is 7.81. The number of benzene rings is 2. The third-order valence-corrected chi connectivity index (χ3v) is 3.91. The van der Waals surface area contributed by atoms with Gasteiger partial charge in [0.15, 0.2) is 0 Å². The molecule has 2 aromatic carbocycles. The van der Waals surface area contributed by atoms with Gasteiger partial charge in [0, 0.05) is 17.1 Å². The van der Waals surface area contributed by atoms with Crippen molar-refractivity contribution in [2.24, 2.45) is 5.73 Å². The van der Waals surface area contributed by atoms with Crippen LogP contribution in [-0.2, 0) is 17.8 Å². The van der Waals surface area contributed by atoms with Gasteiger partial charge in [-0.2, -0.15) is 0 Å². The van der Waals surface area contributed by atoms with E-state index in [9.17, 15) is 4.79 Å². The number of nitrogens with one attached hydrogen (secondary N) is 1. The van der Waals surface area contributed by atoms with E-state index in [1.54, 1.807) is 12.1 Å². The Morgan fingerprint density at radius 3 is 2.80 bits per heavy atom. The molecule has 0 spiro atoms. The zero-order valence-corrected chi connectivity index (χ0v) is 14.8. The molecule has 0 aliphatic heterocycles. The van der Waals surface area contributed by atoms with E-state index in [1.165, 1.54) is 12.7 Å². The van der Waals surface area contributed by atoms with Crippen LogP contribution in [0.1, 0.15) is 21.5 Å². The highest BCUT2D eigenvalue weighted by molar-refractivity contribution is 5.89. The first-order valence-electron chi connectivity index (χ1n) is 7.81. The number of nitrogens with two attached hydrogens (primary N) is 1. The Bertz CT molecular complexity index is 861. The van der Waals surface area contributed by atoms with Gasteiger partial charge in [-0.1, -0.05) is 12.1 Å². The van der Waals surface area contributed by atoms with Crippen molar-refractivity contribution in [2.45, 2.75) is 13.0 Å². The van der Waals surface area contributed by atoms with E-state index < -0.39 is 0 Å². The molecule has 0 fully saturated rings. The van der Waals surface area contributed by atoms with Crippen LogP contribution in [0.15, 0.2) is 48.7 Å². The number of methoxy groups -OCH3 is 1. The van der Waals surface area contributed by atoms with Crippen LogP contribution < -0.4 is 10.5 Å². The lowest BCUT2D eigenvalue weighted by Crippen LogP contribution is -2.03. The molecule has 0 saturated heterocycles. The molecule has 1 heterocycles. The lowest BCUT2D eigenvalue weighted by Gasteiger charge is -2.08. The van der Waals surface area contributed by atoms with Crippen molar-refractivity contribution in [1.82, 2.24) is 4.98 Å². The van der Waals surface area contributed by atoms with Gasteiger partial charge in [0.25, 0.3) is 0 Å². The van der Waals surface area contributed by atoms with Gasteiger partial charge in [-0.3, -0.25) is 0 Å². The normalized spacial score (nSPS) is 10.3. The Kier molecular flexibility index (Phi) is 6.44. The number of ether oxygens (including phenoxy) is 2. The highest BCUT2D eigenvalue weighted by Gasteiger charge is 2.07. The van der Waals surface area contributed by atoms with E-state index in [-0.39, 0.29) is 18.4 Å². The molecule has 3 rings (SSSR count). The molecule has 0 unspecified atom stereocenters. The van der Waals surface area contributed by atoms with Gasteiger partial charge in [-0.15, -0.1) is 12.4 Å². The predicted molar refractivity (Wildman–Crippen MR) is 100 cm³/mol. The molecule has 0 radical (unpaired) electrons. The molecule has 0 saturated carbocycles. The van der Waals surface area contributed by atoms with E-state index in [1.807, 2.05) is 36.5 Å². The topological polar surface area (TPSA) is 77.3 Å². The van der Waals surface area contributed by atoms with Crippen LogP contribution in [0.2, 0.25) is 0 Å². The highest BCUT2D eigenvalue weighted by atomic mass is 35.5. The zero-order valence-electron chi connectivity index (χ0n) is 14.0. The van der Waals surface area contributed by atoms with Crippen LogP contribution in [0, 0.1) is 0 Å². The third-order valence-electron chi connectivity index (χ3n) is 3.91. The van der Waals surface area contributed by atoms with Gasteiger partial charge < -0.3 is 20.2 Å². The summed E-state index contributed by atoms with van der Waals surface area (Å²) < 4.78 is 10.6. The molecule has 0 aliphatic rings. The fourth-order valence-electron chi connectivity index (χ4n) is 2.68. The average Bonchev–Trinajstić information content (AvgIpc) is 3.02. The second kappa shape index (κ2) is 8.55. The maximum atomic E-state index is 11.6. The second-order valence-corrected chi connectivity index (χ2v) is 5.54. The SMILES string of the molecule is COC(=O)c1cccc(COc2ccc3[nH]cc(CCN)c3c2)c1.Cl. The van der Waals surface area contributed by atoms with Crippen LogP contribution >= 0.6 is 12.4 Å². The van der Waals surface area contributed by atoms with E-state index in [2.05, 4.69) is 4.98 Å². The molecule has 1 aromatic heterocycles. The zero-order chi connectivity index (χ0) is 16.9. The standard InChI is InChI=1S/C19H20N2O3.ClH/c1-23-19(22)14-4-2-3-13(9-14)12-24-16-5-6-18-17(10-16)15(7-8-20)11-21-18;/h2-6,9-11,21H,7-8,12,20H2,1H3;1H. The van der Waals surface area contributed by atoms with Gasteiger partial charge in [-0.25, -0.2) is 4.79 Å². The van der Waals surface area contributed by atoms with Crippen molar-refractivity contribution in [1.29, 1.82) is 0 Å². The summed E-state index contributed by atoms with van der Waals surface area (Å²) in [6.45, 7) is 0.991. The minimum Gasteiger partial charge on any atom is -0.489 e. The van der Waals surface area contributed by atoms with Gasteiger partial charge in [0.1, 0.15) is 12.4 Å². The summed E-state index contributed by atoms with van der Waals surface area (Å²) in [6.07, 6.45) is 2.81. The van der Waals surface area contributed by atoms with Crippen LogP contribution in [0.25, 0.3) is 10.9 Å². The molecule has 25 heavy (non-hydrogen) atoms. The number of hydrogen-bond acceptors (Lipinski definition) is 4. The number of fused-ring (bicyclic) bond motifs is 1. The molecular weight excluding hydrogens is 340 g/mol. The summed E-state index contributed by atoms with van der Waals surface area (Å²) in [7, 11) is 1.37. The molecule has 0 amide bonds. The lowest BCUT2D eigenvalue weighted by molar-refractivity contribution is 0.0600. The van der Waals surface area contributed by atoms with E-state index in [0.717, 1.165) is 28.6 Å². The van der Waals surface area contributed by atoms with Gasteiger partial charge in [0.05, 0.1) is 12.7 Å². The Labute approximate surface area is 152 Å². The third kappa shape index (κ3) is 4.32. The van der Waals surface area contributed by atoms with Gasteiger partial charge in [-0.05, 0) is 54.4 Å². The first-order chi connectivity index (χ1) is 11.7. The number of esters is 1. The van der Waals surface area contributed by atoms with Gasteiger partial charge >= 0.3 is 5.97 Å². The summed E-state index contributed by atoms with van der Waals surface area (Å²) in [5.41, 5.74) is 9.33. The fourth-order valence-corrected chi connectivity index (χ4v) is 2.68. The number of rotatable bonds is 6. The maximum Gasteiger partial charge on any atom is 0.337 e. The Hall–Kier alpha value is -2.50. The van der Waals surface area contributed by atoms with Crippen LogP contribution in [0.5, 0.6) is 5.75 Å². The summed E-state index contributed by atoms with van der Waals surface area (Å²) in [4.78, 5) is 14.8. The smallest absolute Gasteiger partial charge is 0.337 e. The summed E-state index contributed by atoms with van der Waals surface area (Å²) >= 11 is 0. The van der Waals surface area contributed by atoms with Crippen LogP contribution in [0.3, 0.4) is 0 Å². The molecule has 0 atom stereocenters. The summed E-state index contributed by atoms with van der Waals surface area (Å²) in [5, 5.41) is 1.13. The lowest BCUT2D eigenvalue weighted by atomic mass is 10.1. The number of H-pyrrole nitrogens is 1. The van der Waals surface area contributed by atoms with E-state index >= 15 is 0 Å². The van der Waals surface area contributed by atoms with Crippen LogP contribution in [-0.4, -0.2) is 24.6 Å². The van der Waals surface area contributed by atoms with Crippen molar-refractivity contribution >= 4 is 29.3 Å². The van der Waals surface area contributed by atoms with E-state index in [0.29, 0.717) is 18.7 Å². The van der Waals surface area contributed by atoms with Crippen molar-refractivity contribution in [3.8, 4) is 5.75 Å². The largest absolute Gasteiger partial charge is 0.489 e. The van der Waals surface area contributed by atoms with Crippen molar-refractivity contribution in [3.05, 3.63) is 65.4 Å². The Morgan fingerprint density at radius 2 is 2.04 bits per heavy atom. The monoisotopic (exact) mass is 360 g/mol. The van der Waals surface area contributed by atoms with Crippen LogP contribution in [0.4, 0.5) is 0 Å². The molecule has 6 heteroatoms. The number of hydrogen-bond donors (Lipinski definition) is 2. The summed E-state index contributed by atoms with van der Waals surface area (Å²) in [5.74, 6) is 0.431. The minimum absolute atomic E-state index is 0. The quantitative estimate of drug-likeness (QED) is 0.660.